The maximum Gasteiger partial charge on any atom is 0.277 e. The Hall–Kier alpha value is -0.686. The molecule has 30 heavy (non-hydrogen) atoms. The molecule has 0 unspecified atom stereocenters. The average molecular weight is 455 g/mol. The maximum atomic E-state index is 6.27. The third-order valence-corrected chi connectivity index (χ3v) is 6.86. The molecular formula is C25H50O3Si2. The Morgan fingerprint density at radius 3 is 1.43 bits per heavy atom. The van der Waals surface area contributed by atoms with Gasteiger partial charge in [-0.05, 0) is 59.0 Å². The molecule has 0 atom stereocenters. The van der Waals surface area contributed by atoms with Crippen LogP contribution >= 0.6 is 0 Å². The van der Waals surface area contributed by atoms with Crippen LogP contribution in [-0.4, -0.2) is 16.6 Å². The molecule has 0 fully saturated rings. The molecule has 0 N–H and O–H groups in total. The molecule has 3 nitrogen and oxygen atoms in total. The quantitative estimate of drug-likeness (QED) is 0.173. The summed E-state index contributed by atoms with van der Waals surface area (Å²) >= 11 is 0. The number of unbranched alkanes of at least 4 members (excludes halogenated alkanes) is 11. The van der Waals surface area contributed by atoms with Gasteiger partial charge in [0.05, 0.1) is 0 Å². The lowest BCUT2D eigenvalue weighted by Gasteiger charge is -2.18. The van der Waals surface area contributed by atoms with Crippen molar-refractivity contribution in [3.63, 3.8) is 0 Å². The Bertz CT molecular complexity index is 582. The summed E-state index contributed by atoms with van der Waals surface area (Å²) in [6, 6.07) is 0. The fourth-order valence-electron chi connectivity index (χ4n) is 3.67. The van der Waals surface area contributed by atoms with Gasteiger partial charge < -0.3 is 13.3 Å². The first-order valence-corrected chi connectivity index (χ1v) is 19.4. The zero-order valence-electron chi connectivity index (χ0n) is 21.4. The van der Waals surface area contributed by atoms with Crippen molar-refractivity contribution in [3.8, 4) is 11.9 Å². The van der Waals surface area contributed by atoms with Crippen LogP contribution in [-0.2, 0) is 6.42 Å². The monoisotopic (exact) mass is 454 g/mol. The van der Waals surface area contributed by atoms with Crippen molar-refractivity contribution in [3.05, 3.63) is 11.1 Å². The number of hydrogen-bond donors (Lipinski definition) is 0. The van der Waals surface area contributed by atoms with Crippen molar-refractivity contribution >= 4 is 16.6 Å². The summed E-state index contributed by atoms with van der Waals surface area (Å²) in [7, 11) is -3.43. The molecule has 0 aliphatic heterocycles. The minimum atomic E-state index is -1.72. The Labute approximate surface area is 189 Å². The molecule has 0 aromatic carbocycles. The number of rotatable bonds is 17. The Kier molecular flexibility index (Phi) is 12.5. The molecule has 0 saturated carbocycles. The van der Waals surface area contributed by atoms with Gasteiger partial charge in [0.15, 0.2) is 0 Å². The van der Waals surface area contributed by atoms with E-state index in [1.807, 2.05) is 0 Å². The summed E-state index contributed by atoms with van der Waals surface area (Å²) in [5.41, 5.74) is 2.38. The van der Waals surface area contributed by atoms with E-state index in [9.17, 15) is 0 Å². The first-order chi connectivity index (χ1) is 14.0. The van der Waals surface area contributed by atoms with E-state index in [1.54, 1.807) is 0 Å². The Morgan fingerprint density at radius 1 is 0.600 bits per heavy atom. The molecule has 1 aromatic heterocycles. The van der Waals surface area contributed by atoms with E-state index >= 15 is 0 Å². The van der Waals surface area contributed by atoms with E-state index in [-0.39, 0.29) is 0 Å². The highest BCUT2D eigenvalue weighted by Crippen LogP contribution is 2.38. The van der Waals surface area contributed by atoms with E-state index < -0.39 is 16.6 Å². The van der Waals surface area contributed by atoms with Crippen LogP contribution in [0.4, 0.5) is 0 Å². The summed E-state index contributed by atoms with van der Waals surface area (Å²) in [6.45, 7) is 17.6. The standard InChI is InChI=1S/C25H50O3Si2/c1-9-10-11-12-13-14-15-16-17-18-19-20-21-23-22(2)24(27-29(3,4)5)26-25(23)28-30(6,7)8/h9-21H2,1-8H3. The SMILES string of the molecule is CCCCCCCCCCCCCCc1c(O[Si](C)(C)C)oc(O[Si](C)(C)C)c1C. The first kappa shape index (κ1) is 27.3. The van der Waals surface area contributed by atoms with Crippen molar-refractivity contribution in [2.45, 2.75) is 137 Å². The van der Waals surface area contributed by atoms with Crippen LogP contribution in [0.15, 0.2) is 4.42 Å². The average Bonchev–Trinajstić information content (AvgIpc) is 2.87. The summed E-state index contributed by atoms with van der Waals surface area (Å²) in [4.78, 5) is 0. The number of furan rings is 1. The lowest BCUT2D eigenvalue weighted by molar-refractivity contribution is 0.318. The van der Waals surface area contributed by atoms with Gasteiger partial charge >= 0.3 is 0 Å². The second-order valence-corrected chi connectivity index (χ2v) is 19.7. The molecule has 0 spiro atoms. The zero-order chi connectivity index (χ0) is 22.6. The smallest absolute Gasteiger partial charge is 0.277 e. The van der Waals surface area contributed by atoms with Crippen LogP contribution in [0.25, 0.3) is 0 Å². The van der Waals surface area contributed by atoms with Crippen LogP contribution < -0.4 is 8.85 Å². The van der Waals surface area contributed by atoms with Crippen molar-refractivity contribution in [1.29, 1.82) is 0 Å². The first-order valence-electron chi connectivity index (χ1n) is 12.5. The van der Waals surface area contributed by atoms with E-state index in [2.05, 4.69) is 53.1 Å². The van der Waals surface area contributed by atoms with Gasteiger partial charge in [0.1, 0.15) is 0 Å². The topological polar surface area (TPSA) is 31.6 Å². The number of hydrogen-bond acceptors (Lipinski definition) is 3. The highest BCUT2D eigenvalue weighted by atomic mass is 28.4. The zero-order valence-corrected chi connectivity index (χ0v) is 23.4. The summed E-state index contributed by atoms with van der Waals surface area (Å²) < 4.78 is 18.5. The van der Waals surface area contributed by atoms with Crippen molar-refractivity contribution in [1.82, 2.24) is 0 Å². The summed E-state index contributed by atoms with van der Waals surface area (Å²) in [5.74, 6) is 1.42. The third kappa shape index (κ3) is 12.2. The van der Waals surface area contributed by atoms with Gasteiger partial charge in [-0.25, -0.2) is 0 Å². The van der Waals surface area contributed by atoms with Gasteiger partial charge in [0.2, 0.25) is 16.6 Å². The Morgan fingerprint density at radius 2 is 1.00 bits per heavy atom. The predicted octanol–water partition coefficient (Wildman–Crippen LogP) is 9.26. The van der Waals surface area contributed by atoms with Crippen LogP contribution in [0, 0.1) is 6.92 Å². The van der Waals surface area contributed by atoms with Crippen molar-refractivity contribution in [2.24, 2.45) is 0 Å². The van der Waals surface area contributed by atoms with Gasteiger partial charge in [0.25, 0.3) is 11.9 Å². The molecular weight excluding hydrogens is 404 g/mol. The normalized spacial score (nSPS) is 12.4. The van der Waals surface area contributed by atoms with Gasteiger partial charge in [0, 0.05) is 11.1 Å². The highest BCUT2D eigenvalue weighted by molar-refractivity contribution is 6.70. The Balaban J connectivity index is 2.39. The molecule has 0 aliphatic rings. The highest BCUT2D eigenvalue weighted by Gasteiger charge is 2.27. The largest absolute Gasteiger partial charge is 0.519 e. The van der Waals surface area contributed by atoms with Crippen LogP contribution in [0.3, 0.4) is 0 Å². The van der Waals surface area contributed by atoms with Crippen LogP contribution in [0.2, 0.25) is 39.3 Å². The maximum absolute atomic E-state index is 6.27. The van der Waals surface area contributed by atoms with E-state index in [0.29, 0.717) is 5.95 Å². The molecule has 0 saturated heterocycles. The molecule has 1 heterocycles. The molecule has 1 rings (SSSR count). The van der Waals surface area contributed by atoms with Gasteiger partial charge in [-0.15, -0.1) is 0 Å². The van der Waals surface area contributed by atoms with E-state index in [1.165, 1.54) is 82.6 Å². The fourth-order valence-corrected chi connectivity index (χ4v) is 5.14. The lowest BCUT2D eigenvalue weighted by Crippen LogP contribution is -2.29. The van der Waals surface area contributed by atoms with Crippen LogP contribution in [0.5, 0.6) is 11.9 Å². The summed E-state index contributed by atoms with van der Waals surface area (Å²) in [6.07, 6.45) is 17.5. The van der Waals surface area contributed by atoms with Gasteiger partial charge in [-0.3, -0.25) is 0 Å². The molecule has 5 heteroatoms. The van der Waals surface area contributed by atoms with Gasteiger partial charge in [-0.1, -0.05) is 77.6 Å². The molecule has 0 amide bonds. The van der Waals surface area contributed by atoms with Crippen molar-refractivity contribution in [2.75, 3.05) is 0 Å². The molecule has 0 radical (unpaired) electrons. The molecule has 1 aromatic rings. The van der Waals surface area contributed by atoms with Crippen molar-refractivity contribution < 1.29 is 13.3 Å². The molecule has 0 aliphatic carbocycles. The van der Waals surface area contributed by atoms with Crippen LogP contribution in [0.1, 0.15) is 95.1 Å². The van der Waals surface area contributed by atoms with E-state index in [4.69, 9.17) is 13.3 Å². The van der Waals surface area contributed by atoms with E-state index in [0.717, 1.165) is 17.9 Å². The molecule has 176 valence electrons. The second kappa shape index (κ2) is 13.7. The lowest BCUT2D eigenvalue weighted by atomic mass is 10.0. The third-order valence-electron chi connectivity index (χ3n) is 5.27. The minimum Gasteiger partial charge on any atom is -0.519 e. The van der Waals surface area contributed by atoms with Gasteiger partial charge in [-0.2, -0.15) is 0 Å². The second-order valence-electron chi connectivity index (χ2n) is 10.8. The predicted molar refractivity (Wildman–Crippen MR) is 136 cm³/mol. The molecule has 0 bridgehead atoms. The summed E-state index contributed by atoms with van der Waals surface area (Å²) in [5, 5.41) is 0. The minimum absolute atomic E-state index is 0.691. The fraction of sp³-hybridized carbons (Fsp3) is 0.840.